The van der Waals surface area contributed by atoms with Crippen molar-refractivity contribution in [3.05, 3.63) is 0 Å². The lowest BCUT2D eigenvalue weighted by molar-refractivity contribution is -0.119. The van der Waals surface area contributed by atoms with Crippen LogP contribution in [0.25, 0.3) is 0 Å². The minimum atomic E-state index is 0.0436. The van der Waals surface area contributed by atoms with Gasteiger partial charge in [-0.15, -0.1) is 0 Å². The van der Waals surface area contributed by atoms with Gasteiger partial charge in [0.05, 0.1) is 0 Å². The van der Waals surface area contributed by atoms with E-state index >= 15 is 0 Å². The largest absolute Gasteiger partial charge is 0.355 e. The molecule has 1 aliphatic heterocycles. The Balaban J connectivity index is 2.07. The second kappa shape index (κ2) is 3.56. The quantitative estimate of drug-likeness (QED) is 0.573. The highest BCUT2D eigenvalue weighted by Gasteiger charge is 2.14. The molecule has 3 nitrogen and oxygen atoms in total. The lowest BCUT2D eigenvalue weighted by atomic mass is 10.2. The Hall–Kier alpha value is -0.570. The normalized spacial score (nSPS) is 24.7. The van der Waals surface area contributed by atoms with Crippen molar-refractivity contribution < 1.29 is 4.79 Å². The van der Waals surface area contributed by atoms with E-state index in [1.807, 2.05) is 0 Å². The molecule has 57 valence electrons. The van der Waals surface area contributed by atoms with Crippen molar-refractivity contribution in [2.75, 3.05) is 13.1 Å². The third-order valence-electron chi connectivity index (χ3n) is 1.67. The van der Waals surface area contributed by atoms with Crippen LogP contribution in [0.2, 0.25) is 0 Å². The first-order chi connectivity index (χ1) is 4.79. The Morgan fingerprint density at radius 3 is 3.10 bits per heavy atom. The van der Waals surface area contributed by atoms with E-state index in [0.717, 1.165) is 19.5 Å². The molecule has 1 fully saturated rings. The van der Waals surface area contributed by atoms with Crippen LogP contribution in [0.3, 0.4) is 0 Å². The second-order valence-corrected chi connectivity index (χ2v) is 2.64. The third kappa shape index (κ3) is 2.35. The Morgan fingerprint density at radius 1 is 1.80 bits per heavy atom. The summed E-state index contributed by atoms with van der Waals surface area (Å²) >= 11 is 0. The molecule has 0 saturated carbocycles. The van der Waals surface area contributed by atoms with Crippen molar-refractivity contribution in [3.63, 3.8) is 0 Å². The van der Waals surface area contributed by atoms with E-state index in [1.54, 1.807) is 0 Å². The van der Waals surface area contributed by atoms with Crippen LogP contribution in [-0.4, -0.2) is 25.0 Å². The maximum absolute atomic E-state index is 10.4. The summed E-state index contributed by atoms with van der Waals surface area (Å²) in [6.07, 6.45) is 2.32. The molecule has 0 spiro atoms. The summed E-state index contributed by atoms with van der Waals surface area (Å²) in [4.78, 5) is 10.4. The fraction of sp³-hybridized carbons (Fsp3) is 0.857. The lowest BCUT2D eigenvalue weighted by Crippen LogP contribution is -2.32. The number of hydrogen-bond acceptors (Lipinski definition) is 1. The molecule has 10 heavy (non-hydrogen) atoms. The molecule has 0 aliphatic carbocycles. The van der Waals surface area contributed by atoms with Gasteiger partial charge >= 0.3 is 0 Å². The number of hydrogen-bond donors (Lipinski definition) is 1. The second-order valence-electron chi connectivity index (χ2n) is 2.64. The van der Waals surface area contributed by atoms with Gasteiger partial charge in [0.25, 0.3) is 0 Å². The maximum Gasteiger partial charge on any atom is 0.216 e. The standard InChI is InChI=1S/C7H13N2O/c1-6(10)9-5-7-3-2-4-8-7/h7H,2-5H2,1H3,(H,9,10)/t7-/m0/s1. The fourth-order valence-corrected chi connectivity index (χ4v) is 1.12. The molecule has 1 saturated heterocycles. The van der Waals surface area contributed by atoms with E-state index in [9.17, 15) is 4.79 Å². The van der Waals surface area contributed by atoms with Crippen molar-refractivity contribution >= 4 is 5.91 Å². The lowest BCUT2D eigenvalue weighted by Gasteiger charge is -2.07. The van der Waals surface area contributed by atoms with Gasteiger partial charge in [-0.25, -0.2) is 5.32 Å². The van der Waals surface area contributed by atoms with E-state index in [-0.39, 0.29) is 5.91 Å². The first-order valence-electron chi connectivity index (χ1n) is 3.70. The topological polar surface area (TPSA) is 43.2 Å². The van der Waals surface area contributed by atoms with Crippen molar-refractivity contribution in [3.8, 4) is 0 Å². The molecule has 0 aromatic carbocycles. The molecular weight excluding hydrogens is 128 g/mol. The number of rotatable bonds is 2. The van der Waals surface area contributed by atoms with Gasteiger partial charge in [-0.3, -0.25) is 4.79 Å². The highest BCUT2D eigenvalue weighted by molar-refractivity contribution is 5.72. The van der Waals surface area contributed by atoms with Crippen LogP contribution >= 0.6 is 0 Å². The number of carbonyl (C=O) groups is 1. The summed E-state index contributed by atoms with van der Waals surface area (Å²) in [7, 11) is 0. The number of nitrogens with one attached hydrogen (secondary N) is 1. The molecule has 1 heterocycles. The highest BCUT2D eigenvalue weighted by Crippen LogP contribution is 2.04. The van der Waals surface area contributed by atoms with Gasteiger partial charge in [-0.1, -0.05) is 0 Å². The molecule has 1 rings (SSSR count). The summed E-state index contributed by atoms with van der Waals surface area (Å²) in [6.45, 7) is 3.24. The zero-order chi connectivity index (χ0) is 7.40. The molecule has 3 heteroatoms. The Bertz CT molecular complexity index is 119. The molecule has 1 radical (unpaired) electrons. The van der Waals surface area contributed by atoms with Crippen molar-refractivity contribution in [2.24, 2.45) is 0 Å². The summed E-state index contributed by atoms with van der Waals surface area (Å²) in [5.41, 5.74) is 0. The maximum atomic E-state index is 10.4. The van der Waals surface area contributed by atoms with Crippen molar-refractivity contribution in [1.29, 1.82) is 0 Å². The Labute approximate surface area is 61.2 Å². The van der Waals surface area contributed by atoms with Crippen LogP contribution < -0.4 is 10.6 Å². The monoisotopic (exact) mass is 141 g/mol. The summed E-state index contributed by atoms with van der Waals surface area (Å²) in [6, 6.07) is 0.392. The average molecular weight is 141 g/mol. The van der Waals surface area contributed by atoms with Gasteiger partial charge in [-0.2, -0.15) is 0 Å². The SMILES string of the molecule is CC(=O)NC[C@@H]1CCC[N]1. The van der Waals surface area contributed by atoms with Gasteiger partial charge < -0.3 is 5.32 Å². The van der Waals surface area contributed by atoms with Crippen molar-refractivity contribution in [1.82, 2.24) is 10.6 Å². The first kappa shape index (κ1) is 7.54. The van der Waals surface area contributed by atoms with Gasteiger partial charge in [0.1, 0.15) is 0 Å². The van der Waals surface area contributed by atoms with Crippen LogP contribution in [0.15, 0.2) is 0 Å². The molecule has 1 aliphatic rings. The molecule has 1 N–H and O–H groups in total. The molecule has 0 bridgehead atoms. The molecule has 0 unspecified atom stereocenters. The zero-order valence-electron chi connectivity index (χ0n) is 6.26. The predicted octanol–water partition coefficient (Wildman–Crippen LogP) is -0.111. The first-order valence-corrected chi connectivity index (χ1v) is 3.70. The summed E-state index contributed by atoms with van der Waals surface area (Å²) in [5.74, 6) is 0.0436. The van der Waals surface area contributed by atoms with E-state index in [4.69, 9.17) is 0 Å². The van der Waals surface area contributed by atoms with Crippen molar-refractivity contribution in [2.45, 2.75) is 25.8 Å². The number of amides is 1. The van der Waals surface area contributed by atoms with Crippen LogP contribution in [0.4, 0.5) is 0 Å². The third-order valence-corrected chi connectivity index (χ3v) is 1.67. The minimum absolute atomic E-state index is 0.0436. The van der Waals surface area contributed by atoms with Crippen LogP contribution in [0.1, 0.15) is 19.8 Å². The van der Waals surface area contributed by atoms with E-state index in [2.05, 4.69) is 10.6 Å². The summed E-state index contributed by atoms with van der Waals surface area (Å²) < 4.78 is 0. The molecule has 0 aromatic rings. The molecule has 1 amide bonds. The van der Waals surface area contributed by atoms with Gasteiger partial charge in [0, 0.05) is 26.1 Å². The van der Waals surface area contributed by atoms with E-state index < -0.39 is 0 Å². The van der Waals surface area contributed by atoms with E-state index in [1.165, 1.54) is 13.3 Å². The minimum Gasteiger partial charge on any atom is -0.355 e. The number of carbonyl (C=O) groups excluding carboxylic acids is 1. The number of nitrogens with zero attached hydrogens (tertiary/aromatic N) is 1. The molecular formula is C7H13N2O. The predicted molar refractivity (Wildman–Crippen MR) is 38.7 cm³/mol. The smallest absolute Gasteiger partial charge is 0.216 e. The Morgan fingerprint density at radius 2 is 2.60 bits per heavy atom. The fourth-order valence-electron chi connectivity index (χ4n) is 1.12. The molecule has 1 atom stereocenters. The van der Waals surface area contributed by atoms with E-state index in [0.29, 0.717) is 6.04 Å². The highest BCUT2D eigenvalue weighted by atomic mass is 16.1. The van der Waals surface area contributed by atoms with Crippen LogP contribution in [0.5, 0.6) is 0 Å². The van der Waals surface area contributed by atoms with Gasteiger partial charge in [-0.05, 0) is 12.8 Å². The van der Waals surface area contributed by atoms with Gasteiger partial charge in [0.15, 0.2) is 0 Å². The summed E-state index contributed by atoms with van der Waals surface area (Å²) in [5, 5.41) is 7.05. The van der Waals surface area contributed by atoms with Gasteiger partial charge in [0.2, 0.25) is 5.91 Å². The molecule has 0 aromatic heterocycles. The van der Waals surface area contributed by atoms with Crippen LogP contribution in [0, 0.1) is 0 Å². The van der Waals surface area contributed by atoms with Crippen LogP contribution in [-0.2, 0) is 4.79 Å². The zero-order valence-corrected chi connectivity index (χ0v) is 6.26. The average Bonchev–Trinajstić information content (AvgIpc) is 2.34. The Kier molecular flexibility index (Phi) is 2.68.